The van der Waals surface area contributed by atoms with E-state index in [1.807, 2.05) is 36.4 Å². The molecule has 1 fully saturated rings. The van der Waals surface area contributed by atoms with E-state index in [2.05, 4.69) is 32.7 Å². The maximum atomic E-state index is 12.4. The molecule has 0 saturated heterocycles. The largest absolute Gasteiger partial charge is 0.480 e. The monoisotopic (exact) mass is 551 g/mol. The van der Waals surface area contributed by atoms with E-state index in [9.17, 15) is 9.90 Å². The molecule has 1 aliphatic carbocycles. The number of pyridine rings is 2. The highest BCUT2D eigenvalue weighted by Gasteiger charge is 2.30. The Bertz CT molecular complexity index is 1490. The molecule has 9 heteroatoms. The van der Waals surface area contributed by atoms with Gasteiger partial charge in [-0.25, -0.2) is 19.7 Å². The molecular weight excluding hydrogens is 514 g/mol. The first kappa shape index (κ1) is 27.1. The molecule has 3 N–H and O–H groups in total. The number of carboxylic acid groups (broad SMARTS) is 1. The van der Waals surface area contributed by atoms with Crippen LogP contribution >= 0.6 is 0 Å². The van der Waals surface area contributed by atoms with E-state index < -0.39 is 12.0 Å². The van der Waals surface area contributed by atoms with Crippen molar-refractivity contribution in [2.75, 3.05) is 30.3 Å². The topological polar surface area (TPSA) is 116 Å². The molecule has 6 rings (SSSR count). The van der Waals surface area contributed by atoms with Gasteiger partial charge in [-0.2, -0.15) is 0 Å². The average molecular weight is 552 g/mol. The maximum absolute atomic E-state index is 12.4. The number of fused-ring (bicyclic) bond motifs is 2. The Kier molecular flexibility index (Phi) is 8.32. The molecule has 3 aromatic heterocycles. The van der Waals surface area contributed by atoms with Crippen LogP contribution in [0.3, 0.4) is 0 Å². The smallest absolute Gasteiger partial charge is 0.326 e. The summed E-state index contributed by atoms with van der Waals surface area (Å²) >= 11 is 0. The molecule has 1 saturated carbocycles. The summed E-state index contributed by atoms with van der Waals surface area (Å²) in [7, 11) is 0. The summed E-state index contributed by atoms with van der Waals surface area (Å²) in [6, 6.07) is 15.6. The number of aryl methyl sites for hydroxylation is 2. The van der Waals surface area contributed by atoms with Gasteiger partial charge in [-0.05, 0) is 93.8 Å². The number of hydrogen-bond acceptors (Lipinski definition) is 8. The van der Waals surface area contributed by atoms with Crippen molar-refractivity contribution in [3.8, 4) is 11.4 Å². The number of aliphatic carboxylic acids is 1. The zero-order valence-corrected chi connectivity index (χ0v) is 23.3. The number of aromatic nitrogens is 4. The van der Waals surface area contributed by atoms with Crippen LogP contribution in [0.1, 0.15) is 49.8 Å². The second-order valence-electron chi connectivity index (χ2n) is 11.0. The molecule has 212 valence electrons. The molecule has 41 heavy (non-hydrogen) atoms. The zero-order valence-electron chi connectivity index (χ0n) is 23.3. The molecule has 1 aliphatic heterocycles. The number of anilines is 2. The Morgan fingerprint density at radius 1 is 1.05 bits per heavy atom. The molecule has 0 unspecified atom stereocenters. The minimum absolute atomic E-state index is 0.491. The third kappa shape index (κ3) is 6.79. The van der Waals surface area contributed by atoms with Crippen molar-refractivity contribution in [1.29, 1.82) is 0 Å². The summed E-state index contributed by atoms with van der Waals surface area (Å²) in [5, 5.41) is 17.6. The van der Waals surface area contributed by atoms with Gasteiger partial charge in [-0.1, -0.05) is 18.2 Å². The Labute approximate surface area is 240 Å². The van der Waals surface area contributed by atoms with E-state index in [0.717, 1.165) is 73.3 Å². The van der Waals surface area contributed by atoms with Crippen molar-refractivity contribution in [3.05, 3.63) is 72.2 Å². The number of benzene rings is 1. The normalized spacial score (nSPS) is 15.3. The number of unbranched alkanes of at least 4 members (excludes halogenated alkanes) is 1. The second-order valence-corrected chi connectivity index (χ2v) is 11.0. The fourth-order valence-electron chi connectivity index (χ4n) is 5.57. The van der Waals surface area contributed by atoms with Crippen LogP contribution in [0, 0.1) is 0 Å². The van der Waals surface area contributed by atoms with E-state index >= 15 is 0 Å². The van der Waals surface area contributed by atoms with Gasteiger partial charge in [0.15, 0.2) is 5.82 Å². The highest BCUT2D eigenvalue weighted by Crippen LogP contribution is 2.29. The molecule has 4 aromatic rings. The van der Waals surface area contributed by atoms with E-state index in [1.165, 1.54) is 24.8 Å². The first-order valence-electron chi connectivity index (χ1n) is 14.8. The average Bonchev–Trinajstić information content (AvgIpc) is 3.86. The van der Waals surface area contributed by atoms with Gasteiger partial charge >= 0.3 is 5.97 Å². The van der Waals surface area contributed by atoms with Gasteiger partial charge < -0.3 is 20.6 Å². The van der Waals surface area contributed by atoms with Crippen molar-refractivity contribution in [2.24, 2.45) is 0 Å². The molecule has 1 aromatic carbocycles. The Hall–Kier alpha value is -4.11. The SMILES string of the molecule is O=C(O)[C@H](CCN(CCCCc1ccc2c(n1)NCCC2)C1CC1)Nc1nc(-c2cccnc2)nc2ccccc12. The highest BCUT2D eigenvalue weighted by molar-refractivity contribution is 5.92. The molecule has 0 bridgehead atoms. The predicted octanol–water partition coefficient (Wildman–Crippen LogP) is 5.19. The fraction of sp³-hybridized carbons (Fsp3) is 0.406. The van der Waals surface area contributed by atoms with E-state index in [1.54, 1.807) is 12.4 Å². The van der Waals surface area contributed by atoms with E-state index in [0.29, 0.717) is 24.1 Å². The number of nitrogens with one attached hydrogen (secondary N) is 2. The van der Waals surface area contributed by atoms with Crippen LogP contribution in [0.4, 0.5) is 11.6 Å². The Morgan fingerprint density at radius 2 is 1.95 bits per heavy atom. The third-order valence-corrected chi connectivity index (χ3v) is 7.98. The second kappa shape index (κ2) is 12.6. The Balaban J connectivity index is 1.08. The van der Waals surface area contributed by atoms with Crippen LogP contribution in [-0.2, 0) is 17.6 Å². The first-order chi connectivity index (χ1) is 20.1. The summed E-state index contributed by atoms with van der Waals surface area (Å²) in [6.45, 7) is 2.71. The lowest BCUT2D eigenvalue weighted by Crippen LogP contribution is -2.36. The van der Waals surface area contributed by atoms with Crippen LogP contribution < -0.4 is 10.6 Å². The lowest BCUT2D eigenvalue weighted by Gasteiger charge is -2.24. The molecule has 0 spiro atoms. The molecule has 4 heterocycles. The van der Waals surface area contributed by atoms with Crippen molar-refractivity contribution in [2.45, 2.75) is 63.5 Å². The fourth-order valence-corrected chi connectivity index (χ4v) is 5.57. The molecule has 2 aliphatic rings. The summed E-state index contributed by atoms with van der Waals surface area (Å²) in [6.07, 6.45) is 11.7. The number of hydrogen-bond donors (Lipinski definition) is 3. The summed E-state index contributed by atoms with van der Waals surface area (Å²) in [4.78, 5) is 33.3. The van der Waals surface area contributed by atoms with Gasteiger partial charge in [0.25, 0.3) is 0 Å². The standard InChI is InChI=1S/C32H37N7O2/c40-32(41)28(37-31-26-10-1-2-11-27(26)36-30(38-31)23-8-5-17-33-21-23)16-20-39(25-14-15-25)19-4-3-9-24-13-12-22-7-6-18-34-29(22)35-24/h1-2,5,8,10-13,17,21,25,28H,3-4,6-7,9,14-16,18-20H2,(H,34,35)(H,40,41)(H,36,37,38)/t28-/m0/s1. The molecule has 0 amide bonds. The van der Waals surface area contributed by atoms with Crippen LogP contribution in [0.2, 0.25) is 0 Å². The number of carboxylic acids is 1. The minimum atomic E-state index is -0.876. The van der Waals surface area contributed by atoms with Gasteiger partial charge in [-0.3, -0.25) is 4.98 Å². The van der Waals surface area contributed by atoms with Crippen molar-refractivity contribution >= 4 is 28.5 Å². The lowest BCUT2D eigenvalue weighted by molar-refractivity contribution is -0.138. The minimum Gasteiger partial charge on any atom is -0.480 e. The van der Waals surface area contributed by atoms with Gasteiger partial charge in [0, 0.05) is 48.2 Å². The third-order valence-electron chi connectivity index (χ3n) is 7.98. The highest BCUT2D eigenvalue weighted by atomic mass is 16.4. The van der Waals surface area contributed by atoms with Crippen LogP contribution in [0.25, 0.3) is 22.3 Å². The van der Waals surface area contributed by atoms with E-state index in [4.69, 9.17) is 15.0 Å². The number of carbonyl (C=O) groups is 1. The van der Waals surface area contributed by atoms with Gasteiger partial charge in [0.1, 0.15) is 17.7 Å². The quantitative estimate of drug-likeness (QED) is 0.193. The summed E-state index contributed by atoms with van der Waals surface area (Å²) in [5.74, 6) is 1.24. The van der Waals surface area contributed by atoms with Gasteiger partial charge in [0.2, 0.25) is 0 Å². The number of para-hydroxylation sites is 1. The first-order valence-corrected chi connectivity index (χ1v) is 14.8. The number of nitrogens with zero attached hydrogens (tertiary/aromatic N) is 5. The molecule has 1 atom stereocenters. The van der Waals surface area contributed by atoms with Crippen molar-refractivity contribution < 1.29 is 9.90 Å². The molecule has 9 nitrogen and oxygen atoms in total. The van der Waals surface area contributed by atoms with Gasteiger partial charge in [0.05, 0.1) is 5.52 Å². The van der Waals surface area contributed by atoms with Gasteiger partial charge in [-0.15, -0.1) is 0 Å². The summed E-state index contributed by atoms with van der Waals surface area (Å²) < 4.78 is 0. The zero-order chi connectivity index (χ0) is 28.0. The van der Waals surface area contributed by atoms with Crippen molar-refractivity contribution in [1.82, 2.24) is 24.8 Å². The van der Waals surface area contributed by atoms with Crippen LogP contribution in [-0.4, -0.2) is 67.6 Å². The van der Waals surface area contributed by atoms with Crippen LogP contribution in [0.15, 0.2) is 60.9 Å². The van der Waals surface area contributed by atoms with E-state index in [-0.39, 0.29) is 0 Å². The summed E-state index contributed by atoms with van der Waals surface area (Å²) in [5.41, 5.74) is 4.02. The maximum Gasteiger partial charge on any atom is 0.326 e. The van der Waals surface area contributed by atoms with Crippen molar-refractivity contribution in [3.63, 3.8) is 0 Å². The Morgan fingerprint density at radius 3 is 2.78 bits per heavy atom. The predicted molar refractivity (Wildman–Crippen MR) is 161 cm³/mol. The number of rotatable bonds is 13. The molecule has 0 radical (unpaired) electrons. The molecular formula is C32H37N7O2. The van der Waals surface area contributed by atoms with Crippen LogP contribution in [0.5, 0.6) is 0 Å². The lowest BCUT2D eigenvalue weighted by atomic mass is 10.1.